The third-order valence-corrected chi connectivity index (χ3v) is 4.27. The molecule has 0 saturated heterocycles. The van der Waals surface area contributed by atoms with Crippen LogP contribution in [0, 0.1) is 12.3 Å². The second kappa shape index (κ2) is 8.17. The SMILES string of the molecule is Cc1ccccc1NC(=O)N/N=C(\C=C\c1ccc2c(c1)OCO2)C(C)(C)C. The number of nitrogens with one attached hydrogen (secondary N) is 2. The van der Waals surface area contributed by atoms with Crippen molar-refractivity contribution in [3.63, 3.8) is 0 Å². The molecule has 2 N–H and O–H groups in total. The molecular weight excluding hydrogens is 354 g/mol. The van der Waals surface area contributed by atoms with Crippen LogP contribution in [0.5, 0.6) is 11.5 Å². The molecule has 6 nitrogen and oxygen atoms in total. The van der Waals surface area contributed by atoms with E-state index in [1.165, 1.54) is 0 Å². The van der Waals surface area contributed by atoms with Crippen molar-refractivity contribution >= 4 is 23.5 Å². The highest BCUT2D eigenvalue weighted by Crippen LogP contribution is 2.33. The van der Waals surface area contributed by atoms with Gasteiger partial charge in [0, 0.05) is 11.1 Å². The van der Waals surface area contributed by atoms with Crippen LogP contribution >= 0.6 is 0 Å². The van der Waals surface area contributed by atoms with Gasteiger partial charge < -0.3 is 14.8 Å². The Bertz CT molecular complexity index is 927. The van der Waals surface area contributed by atoms with Gasteiger partial charge in [0.1, 0.15) is 0 Å². The van der Waals surface area contributed by atoms with E-state index in [4.69, 9.17) is 9.47 Å². The first-order valence-electron chi connectivity index (χ1n) is 9.11. The van der Waals surface area contributed by atoms with Gasteiger partial charge in [-0.1, -0.05) is 51.1 Å². The second-order valence-corrected chi connectivity index (χ2v) is 7.57. The van der Waals surface area contributed by atoms with Gasteiger partial charge in [-0.15, -0.1) is 0 Å². The fourth-order valence-electron chi connectivity index (χ4n) is 2.62. The molecule has 0 fully saturated rings. The molecule has 0 aromatic heterocycles. The van der Waals surface area contributed by atoms with E-state index in [1.54, 1.807) is 0 Å². The van der Waals surface area contributed by atoms with Gasteiger partial charge in [0.05, 0.1) is 5.71 Å². The van der Waals surface area contributed by atoms with E-state index in [0.717, 1.165) is 34.0 Å². The van der Waals surface area contributed by atoms with Crippen LogP contribution in [0.25, 0.3) is 6.08 Å². The molecule has 0 saturated carbocycles. The van der Waals surface area contributed by atoms with Crippen molar-refractivity contribution in [2.24, 2.45) is 10.5 Å². The summed E-state index contributed by atoms with van der Waals surface area (Å²) in [7, 11) is 0. The van der Waals surface area contributed by atoms with Crippen molar-refractivity contribution in [1.82, 2.24) is 5.43 Å². The van der Waals surface area contributed by atoms with Gasteiger partial charge in [-0.05, 0) is 42.3 Å². The van der Waals surface area contributed by atoms with Crippen molar-refractivity contribution in [1.29, 1.82) is 0 Å². The van der Waals surface area contributed by atoms with Crippen LogP contribution in [0.4, 0.5) is 10.5 Å². The van der Waals surface area contributed by atoms with Gasteiger partial charge in [-0.3, -0.25) is 0 Å². The Kier molecular flexibility index (Phi) is 5.68. The summed E-state index contributed by atoms with van der Waals surface area (Å²) in [6, 6.07) is 12.9. The summed E-state index contributed by atoms with van der Waals surface area (Å²) in [5.41, 5.74) is 5.78. The van der Waals surface area contributed by atoms with E-state index in [1.807, 2.05) is 82.3 Å². The molecule has 2 amide bonds. The molecule has 3 rings (SSSR count). The van der Waals surface area contributed by atoms with E-state index in [-0.39, 0.29) is 18.2 Å². The maximum Gasteiger partial charge on any atom is 0.339 e. The highest BCUT2D eigenvalue weighted by Gasteiger charge is 2.18. The standard InChI is InChI=1S/C22H25N3O3/c1-15-7-5-6-8-17(15)23-21(26)25-24-20(22(2,3)4)12-10-16-9-11-18-19(13-16)28-14-27-18/h5-13H,14H2,1-4H3,(H2,23,25,26)/b12-10+,24-20+. The molecule has 0 atom stereocenters. The van der Waals surface area contributed by atoms with Crippen LogP contribution < -0.4 is 20.2 Å². The van der Waals surface area contributed by atoms with Crippen LogP contribution in [0.3, 0.4) is 0 Å². The maximum absolute atomic E-state index is 12.2. The van der Waals surface area contributed by atoms with E-state index in [2.05, 4.69) is 15.8 Å². The third kappa shape index (κ3) is 4.91. The molecule has 2 aromatic carbocycles. The number of para-hydroxylation sites is 1. The Morgan fingerprint density at radius 1 is 1.11 bits per heavy atom. The lowest BCUT2D eigenvalue weighted by molar-refractivity contribution is 0.174. The minimum absolute atomic E-state index is 0.247. The summed E-state index contributed by atoms with van der Waals surface area (Å²) >= 11 is 0. The van der Waals surface area contributed by atoms with Crippen LogP contribution in [0.15, 0.2) is 53.6 Å². The van der Waals surface area contributed by atoms with Gasteiger partial charge in [0.25, 0.3) is 0 Å². The number of anilines is 1. The normalized spacial score (nSPS) is 13.6. The molecular formula is C22H25N3O3. The predicted octanol–water partition coefficient (Wildman–Crippen LogP) is 4.96. The number of carbonyl (C=O) groups excluding carboxylic acids is 1. The Labute approximate surface area is 165 Å². The number of amides is 2. The Balaban J connectivity index is 1.71. The van der Waals surface area contributed by atoms with Crippen molar-refractivity contribution in [3.8, 4) is 11.5 Å². The molecule has 0 aliphatic carbocycles. The van der Waals surface area contributed by atoms with Gasteiger partial charge in [-0.2, -0.15) is 5.10 Å². The Morgan fingerprint density at radius 2 is 1.86 bits per heavy atom. The smallest absolute Gasteiger partial charge is 0.339 e. The number of urea groups is 1. The van der Waals surface area contributed by atoms with Gasteiger partial charge >= 0.3 is 6.03 Å². The zero-order valence-corrected chi connectivity index (χ0v) is 16.6. The lowest BCUT2D eigenvalue weighted by atomic mass is 9.89. The first kappa shape index (κ1) is 19.5. The number of rotatable bonds is 4. The lowest BCUT2D eigenvalue weighted by Gasteiger charge is -2.18. The van der Waals surface area contributed by atoms with Crippen molar-refractivity contribution in [2.75, 3.05) is 12.1 Å². The quantitative estimate of drug-likeness (QED) is 0.582. The van der Waals surface area contributed by atoms with Crippen LogP contribution in [-0.2, 0) is 0 Å². The van der Waals surface area contributed by atoms with Gasteiger partial charge in [0.2, 0.25) is 6.79 Å². The number of hydrogen-bond acceptors (Lipinski definition) is 4. The zero-order chi connectivity index (χ0) is 20.1. The van der Waals surface area contributed by atoms with Crippen molar-refractivity contribution < 1.29 is 14.3 Å². The van der Waals surface area contributed by atoms with Crippen molar-refractivity contribution in [3.05, 3.63) is 59.7 Å². The number of nitrogens with zero attached hydrogens (tertiary/aromatic N) is 1. The first-order chi connectivity index (χ1) is 13.3. The number of allylic oxidation sites excluding steroid dienone is 1. The zero-order valence-electron chi connectivity index (χ0n) is 16.6. The summed E-state index contributed by atoms with van der Waals surface area (Å²) in [5.74, 6) is 1.48. The molecule has 1 aliphatic heterocycles. The van der Waals surface area contributed by atoms with Crippen molar-refractivity contribution in [2.45, 2.75) is 27.7 Å². The topological polar surface area (TPSA) is 72.0 Å². The van der Waals surface area contributed by atoms with E-state index in [0.29, 0.717) is 0 Å². The summed E-state index contributed by atoms with van der Waals surface area (Å²) in [6.45, 7) is 8.30. The minimum Gasteiger partial charge on any atom is -0.454 e. The van der Waals surface area contributed by atoms with Crippen LogP contribution in [0.1, 0.15) is 31.9 Å². The number of hydrogen-bond donors (Lipinski definition) is 2. The number of benzene rings is 2. The number of ether oxygens (including phenoxy) is 2. The molecule has 1 aliphatic rings. The molecule has 1 heterocycles. The molecule has 2 aromatic rings. The fraction of sp³-hybridized carbons (Fsp3) is 0.273. The summed E-state index contributed by atoms with van der Waals surface area (Å²) in [6.07, 6.45) is 3.83. The highest BCUT2D eigenvalue weighted by molar-refractivity contribution is 6.02. The molecule has 28 heavy (non-hydrogen) atoms. The number of hydrazone groups is 1. The first-order valence-corrected chi connectivity index (χ1v) is 9.11. The van der Waals surface area contributed by atoms with Crippen LogP contribution in [-0.4, -0.2) is 18.5 Å². The largest absolute Gasteiger partial charge is 0.454 e. The number of carbonyl (C=O) groups is 1. The maximum atomic E-state index is 12.2. The molecule has 146 valence electrons. The molecule has 0 unspecified atom stereocenters. The lowest BCUT2D eigenvalue weighted by Crippen LogP contribution is -2.28. The number of aryl methyl sites for hydroxylation is 1. The monoisotopic (exact) mass is 379 g/mol. The Morgan fingerprint density at radius 3 is 2.61 bits per heavy atom. The van der Waals surface area contributed by atoms with Gasteiger partial charge in [-0.25, -0.2) is 10.2 Å². The predicted molar refractivity (Wildman–Crippen MR) is 112 cm³/mol. The van der Waals surface area contributed by atoms with E-state index >= 15 is 0 Å². The summed E-state index contributed by atoms with van der Waals surface area (Å²) in [5, 5.41) is 7.13. The molecule has 0 radical (unpaired) electrons. The van der Waals surface area contributed by atoms with Gasteiger partial charge in [0.15, 0.2) is 11.5 Å². The summed E-state index contributed by atoms with van der Waals surface area (Å²) < 4.78 is 10.7. The molecule has 6 heteroatoms. The van der Waals surface area contributed by atoms with Crippen LogP contribution in [0.2, 0.25) is 0 Å². The Hall–Kier alpha value is -3.28. The average molecular weight is 379 g/mol. The molecule has 0 spiro atoms. The van der Waals surface area contributed by atoms with E-state index < -0.39 is 0 Å². The number of fused-ring (bicyclic) bond motifs is 1. The average Bonchev–Trinajstić information content (AvgIpc) is 3.10. The highest BCUT2D eigenvalue weighted by atomic mass is 16.7. The third-order valence-electron chi connectivity index (χ3n) is 4.27. The molecule has 0 bridgehead atoms. The minimum atomic E-state index is -0.382. The van der Waals surface area contributed by atoms with E-state index in [9.17, 15) is 4.79 Å². The summed E-state index contributed by atoms with van der Waals surface area (Å²) in [4.78, 5) is 12.2. The second-order valence-electron chi connectivity index (χ2n) is 7.57. The fourth-order valence-corrected chi connectivity index (χ4v) is 2.62.